The van der Waals surface area contributed by atoms with Crippen LogP contribution in [0, 0.1) is 6.92 Å². The second kappa shape index (κ2) is 4.68. The molecule has 4 nitrogen and oxygen atoms in total. The number of anilines is 1. The van der Waals surface area contributed by atoms with Crippen LogP contribution in [0.1, 0.15) is 49.2 Å². The molecule has 1 aliphatic rings. The molecule has 0 radical (unpaired) electrons. The Morgan fingerprint density at radius 1 is 1.32 bits per heavy atom. The van der Waals surface area contributed by atoms with E-state index in [0.717, 1.165) is 24.7 Å². The summed E-state index contributed by atoms with van der Waals surface area (Å²) in [5, 5.41) is 8.04. The van der Waals surface area contributed by atoms with Gasteiger partial charge in [0.15, 0.2) is 5.82 Å². The molecule has 0 saturated heterocycles. The van der Waals surface area contributed by atoms with Crippen molar-refractivity contribution in [1.29, 1.82) is 0 Å². The van der Waals surface area contributed by atoms with E-state index in [4.69, 9.17) is 5.10 Å². The Morgan fingerprint density at radius 3 is 2.84 bits per heavy atom. The summed E-state index contributed by atoms with van der Waals surface area (Å²) < 4.78 is 2.06. The summed E-state index contributed by atoms with van der Waals surface area (Å²) in [5.41, 5.74) is 2.67. The van der Waals surface area contributed by atoms with Gasteiger partial charge in [-0.15, -0.1) is 0 Å². The number of aryl methyl sites for hydroxylation is 1. The maximum absolute atomic E-state index is 4.69. The second-order valence-corrected chi connectivity index (χ2v) is 5.48. The highest BCUT2D eigenvalue weighted by Crippen LogP contribution is 2.30. The predicted octanol–water partition coefficient (Wildman–Crippen LogP) is 3.11. The zero-order chi connectivity index (χ0) is 13.4. The number of benzene rings is 1. The molecular weight excluding hydrogens is 236 g/mol. The lowest BCUT2D eigenvalue weighted by Gasteiger charge is -2.25. The third-order valence-electron chi connectivity index (χ3n) is 3.71. The Hall–Kier alpha value is -1.84. The Balaban J connectivity index is 2.05. The lowest BCUT2D eigenvalue weighted by atomic mass is 9.98. The van der Waals surface area contributed by atoms with Gasteiger partial charge in [-0.05, 0) is 24.5 Å². The van der Waals surface area contributed by atoms with Crippen LogP contribution in [-0.2, 0) is 0 Å². The van der Waals surface area contributed by atoms with Crippen LogP contribution in [0.4, 0.5) is 5.95 Å². The summed E-state index contributed by atoms with van der Waals surface area (Å²) in [4.78, 5) is 4.60. The highest BCUT2D eigenvalue weighted by Gasteiger charge is 2.25. The molecule has 0 spiro atoms. The lowest BCUT2D eigenvalue weighted by Crippen LogP contribution is -2.25. The van der Waals surface area contributed by atoms with Crippen molar-refractivity contribution in [3.8, 4) is 0 Å². The summed E-state index contributed by atoms with van der Waals surface area (Å²) in [7, 11) is 0. The van der Waals surface area contributed by atoms with Crippen LogP contribution in [0.5, 0.6) is 0 Å². The van der Waals surface area contributed by atoms with Gasteiger partial charge >= 0.3 is 0 Å². The highest BCUT2D eigenvalue weighted by molar-refractivity contribution is 5.36. The number of nitrogens with zero attached hydrogens (tertiary/aromatic N) is 3. The summed E-state index contributed by atoms with van der Waals surface area (Å²) >= 11 is 0. The van der Waals surface area contributed by atoms with Crippen LogP contribution in [0.15, 0.2) is 24.3 Å². The molecule has 2 heterocycles. The molecule has 19 heavy (non-hydrogen) atoms. The fourth-order valence-corrected chi connectivity index (χ4v) is 2.61. The third-order valence-corrected chi connectivity index (χ3v) is 3.71. The van der Waals surface area contributed by atoms with Gasteiger partial charge in [-0.25, -0.2) is 4.68 Å². The van der Waals surface area contributed by atoms with Gasteiger partial charge in [0.1, 0.15) is 0 Å². The molecule has 1 unspecified atom stereocenters. The fraction of sp³-hybridized carbons (Fsp3) is 0.467. The van der Waals surface area contributed by atoms with E-state index in [-0.39, 0.29) is 0 Å². The van der Waals surface area contributed by atoms with Crippen molar-refractivity contribution in [3.05, 3.63) is 41.2 Å². The first-order chi connectivity index (χ1) is 9.16. The molecule has 1 atom stereocenters. The third kappa shape index (κ3) is 2.11. The summed E-state index contributed by atoms with van der Waals surface area (Å²) in [6.45, 7) is 7.38. The van der Waals surface area contributed by atoms with Crippen molar-refractivity contribution in [1.82, 2.24) is 14.8 Å². The van der Waals surface area contributed by atoms with Crippen LogP contribution in [0.25, 0.3) is 0 Å². The van der Waals surface area contributed by atoms with E-state index in [2.05, 4.69) is 60.0 Å². The maximum atomic E-state index is 4.69. The fourth-order valence-electron chi connectivity index (χ4n) is 2.61. The monoisotopic (exact) mass is 256 g/mol. The van der Waals surface area contributed by atoms with Crippen molar-refractivity contribution >= 4 is 5.95 Å². The molecule has 0 fully saturated rings. The Labute approximate surface area is 113 Å². The summed E-state index contributed by atoms with van der Waals surface area (Å²) in [6, 6.07) is 8.85. The Morgan fingerprint density at radius 2 is 2.11 bits per heavy atom. The standard InChI is InChI=1S/C15H20N4/c1-10(2)14-17-15-16-9-8-13(19(15)18-14)12-7-5-4-6-11(12)3/h4-7,10,13H,8-9H2,1-3H3,(H,16,17,18). The summed E-state index contributed by atoms with van der Waals surface area (Å²) in [5.74, 6) is 2.18. The van der Waals surface area contributed by atoms with E-state index in [1.54, 1.807) is 0 Å². The molecule has 0 bridgehead atoms. The van der Waals surface area contributed by atoms with Crippen LogP contribution < -0.4 is 5.32 Å². The van der Waals surface area contributed by atoms with Crippen molar-refractivity contribution in [2.75, 3.05) is 11.9 Å². The van der Waals surface area contributed by atoms with E-state index in [1.807, 2.05) is 0 Å². The first kappa shape index (κ1) is 12.2. The van der Waals surface area contributed by atoms with Crippen LogP contribution in [0.2, 0.25) is 0 Å². The van der Waals surface area contributed by atoms with Crippen LogP contribution in [-0.4, -0.2) is 21.3 Å². The number of rotatable bonds is 2. The molecular formula is C15H20N4. The SMILES string of the molecule is Cc1ccccc1C1CCNc2nc(C(C)C)nn21. The van der Waals surface area contributed by atoms with Crippen molar-refractivity contribution in [3.63, 3.8) is 0 Å². The minimum absolute atomic E-state index is 0.303. The van der Waals surface area contributed by atoms with Crippen molar-refractivity contribution in [2.45, 2.75) is 39.2 Å². The van der Waals surface area contributed by atoms with Gasteiger partial charge in [0.05, 0.1) is 6.04 Å². The van der Waals surface area contributed by atoms with E-state index >= 15 is 0 Å². The molecule has 4 heteroatoms. The van der Waals surface area contributed by atoms with E-state index in [1.165, 1.54) is 11.1 Å². The van der Waals surface area contributed by atoms with Gasteiger partial charge in [-0.2, -0.15) is 10.1 Å². The minimum atomic E-state index is 0.303. The van der Waals surface area contributed by atoms with Crippen molar-refractivity contribution in [2.24, 2.45) is 0 Å². The normalized spacial score (nSPS) is 18.2. The molecule has 0 amide bonds. The van der Waals surface area contributed by atoms with Gasteiger partial charge in [0.25, 0.3) is 0 Å². The highest BCUT2D eigenvalue weighted by atomic mass is 15.4. The average molecular weight is 256 g/mol. The zero-order valence-corrected chi connectivity index (χ0v) is 11.7. The molecule has 1 aliphatic heterocycles. The zero-order valence-electron chi connectivity index (χ0n) is 11.7. The Bertz CT molecular complexity index is 586. The number of hydrogen-bond donors (Lipinski definition) is 1. The molecule has 1 aromatic heterocycles. The van der Waals surface area contributed by atoms with E-state index in [0.29, 0.717) is 12.0 Å². The Kier molecular flexibility index (Phi) is 3.01. The molecule has 1 N–H and O–H groups in total. The van der Waals surface area contributed by atoms with E-state index in [9.17, 15) is 0 Å². The van der Waals surface area contributed by atoms with Gasteiger partial charge < -0.3 is 5.32 Å². The molecule has 100 valence electrons. The average Bonchev–Trinajstić information content (AvgIpc) is 2.83. The smallest absolute Gasteiger partial charge is 0.221 e. The quantitative estimate of drug-likeness (QED) is 0.897. The van der Waals surface area contributed by atoms with Crippen LogP contribution in [0.3, 0.4) is 0 Å². The largest absolute Gasteiger partial charge is 0.354 e. The predicted molar refractivity (Wildman–Crippen MR) is 76.5 cm³/mol. The first-order valence-electron chi connectivity index (χ1n) is 6.92. The number of nitrogens with one attached hydrogen (secondary N) is 1. The van der Waals surface area contributed by atoms with Crippen LogP contribution >= 0.6 is 0 Å². The molecule has 2 aromatic rings. The topological polar surface area (TPSA) is 42.7 Å². The molecule has 1 aromatic carbocycles. The minimum Gasteiger partial charge on any atom is -0.354 e. The maximum Gasteiger partial charge on any atom is 0.221 e. The van der Waals surface area contributed by atoms with Crippen molar-refractivity contribution < 1.29 is 0 Å². The molecule has 0 saturated carbocycles. The first-order valence-corrected chi connectivity index (χ1v) is 6.92. The number of fused-ring (bicyclic) bond motifs is 1. The lowest BCUT2D eigenvalue weighted by molar-refractivity contribution is 0.473. The second-order valence-electron chi connectivity index (χ2n) is 5.48. The van der Waals surface area contributed by atoms with E-state index < -0.39 is 0 Å². The van der Waals surface area contributed by atoms with Gasteiger partial charge in [-0.3, -0.25) is 0 Å². The van der Waals surface area contributed by atoms with Gasteiger partial charge in [0.2, 0.25) is 5.95 Å². The number of aromatic nitrogens is 3. The molecule has 0 aliphatic carbocycles. The summed E-state index contributed by atoms with van der Waals surface area (Å²) in [6.07, 6.45) is 1.05. The van der Waals surface area contributed by atoms with Gasteiger partial charge in [0, 0.05) is 12.5 Å². The molecule has 3 rings (SSSR count). The van der Waals surface area contributed by atoms with Gasteiger partial charge in [-0.1, -0.05) is 38.1 Å². The number of hydrogen-bond acceptors (Lipinski definition) is 3.